The minimum atomic E-state index is 0.624. The molecule has 0 aromatic carbocycles. The molecule has 19 heavy (non-hydrogen) atoms. The lowest BCUT2D eigenvalue weighted by Gasteiger charge is -2.16. The van der Waals surface area contributed by atoms with Crippen LogP contribution in [-0.4, -0.2) is 12.3 Å². The topological polar surface area (TPSA) is 12.4 Å². The summed E-state index contributed by atoms with van der Waals surface area (Å²) in [5.41, 5.74) is 5.22. The van der Waals surface area contributed by atoms with E-state index in [1.165, 1.54) is 27.3 Å². The van der Waals surface area contributed by atoms with E-state index in [9.17, 15) is 0 Å². The molecule has 1 unspecified atom stereocenters. The largest absolute Gasteiger partial charge is 0.284 e. The molecule has 0 saturated carbocycles. The van der Waals surface area contributed by atoms with E-state index in [-0.39, 0.29) is 0 Å². The Kier molecular flexibility index (Phi) is 3.52. The highest BCUT2D eigenvalue weighted by Gasteiger charge is 2.18. The first-order valence-electron chi connectivity index (χ1n) is 6.91. The average Bonchev–Trinajstić information content (AvgIpc) is 2.83. The standard InChI is InChI=1S/C17H19NS/c1-12-4-3-5-14(11-13(2)10-12)17-15-7-9-19-16(15)6-8-18-17/h3-5,7,9,11-12H,6,8,10H2,1-2H3/b4-3-,13-11?,14-5+. The SMILES string of the molecule is CC1=C/C(C2=NCCc3sccc32)=C\C=C/C(C)C1. The van der Waals surface area contributed by atoms with Gasteiger partial charge in [-0.1, -0.05) is 36.8 Å². The minimum Gasteiger partial charge on any atom is -0.284 e. The molecule has 0 N–H and O–H groups in total. The Balaban J connectivity index is 2.02. The molecule has 2 heterocycles. The summed E-state index contributed by atoms with van der Waals surface area (Å²) < 4.78 is 0. The fourth-order valence-electron chi connectivity index (χ4n) is 2.79. The fourth-order valence-corrected chi connectivity index (χ4v) is 3.66. The molecule has 2 heteroatoms. The molecule has 1 aliphatic heterocycles. The summed E-state index contributed by atoms with van der Waals surface area (Å²) in [5.74, 6) is 0.624. The maximum Gasteiger partial charge on any atom is 0.0730 e. The Bertz CT molecular complexity index is 599. The lowest BCUT2D eigenvalue weighted by atomic mass is 9.92. The van der Waals surface area contributed by atoms with Crippen molar-refractivity contribution in [2.24, 2.45) is 10.9 Å². The maximum atomic E-state index is 4.77. The van der Waals surface area contributed by atoms with Crippen molar-refractivity contribution in [2.75, 3.05) is 6.54 Å². The smallest absolute Gasteiger partial charge is 0.0730 e. The van der Waals surface area contributed by atoms with Gasteiger partial charge in [-0.3, -0.25) is 4.99 Å². The minimum absolute atomic E-state index is 0.624. The zero-order chi connectivity index (χ0) is 13.2. The lowest BCUT2D eigenvalue weighted by Crippen LogP contribution is -2.12. The Labute approximate surface area is 119 Å². The molecule has 2 aliphatic rings. The van der Waals surface area contributed by atoms with Crippen molar-refractivity contribution in [1.82, 2.24) is 0 Å². The quantitative estimate of drug-likeness (QED) is 0.708. The third kappa shape index (κ3) is 2.64. The number of rotatable bonds is 1. The van der Waals surface area contributed by atoms with E-state index in [2.05, 4.69) is 49.6 Å². The summed E-state index contributed by atoms with van der Waals surface area (Å²) in [6.07, 6.45) is 11.2. The molecule has 98 valence electrons. The third-order valence-electron chi connectivity index (χ3n) is 3.64. The first-order chi connectivity index (χ1) is 9.24. The van der Waals surface area contributed by atoms with Crippen molar-refractivity contribution in [3.05, 3.63) is 57.3 Å². The molecule has 3 rings (SSSR count). The Hall–Kier alpha value is -1.41. The predicted octanol–water partition coefficient (Wildman–Crippen LogP) is 4.56. The highest BCUT2D eigenvalue weighted by molar-refractivity contribution is 7.10. The zero-order valence-corrected chi connectivity index (χ0v) is 12.3. The van der Waals surface area contributed by atoms with Gasteiger partial charge in [0.05, 0.1) is 5.71 Å². The van der Waals surface area contributed by atoms with Crippen LogP contribution < -0.4 is 0 Å². The summed E-state index contributed by atoms with van der Waals surface area (Å²) in [5, 5.41) is 2.18. The van der Waals surface area contributed by atoms with Gasteiger partial charge < -0.3 is 0 Å². The van der Waals surface area contributed by atoms with E-state index < -0.39 is 0 Å². The van der Waals surface area contributed by atoms with E-state index in [0.29, 0.717) is 5.92 Å². The number of hydrogen-bond acceptors (Lipinski definition) is 2. The Morgan fingerprint density at radius 3 is 3.16 bits per heavy atom. The lowest BCUT2D eigenvalue weighted by molar-refractivity contribution is 0.715. The average molecular weight is 269 g/mol. The molecular formula is C17H19NS. The van der Waals surface area contributed by atoms with Gasteiger partial charge in [-0.15, -0.1) is 11.3 Å². The van der Waals surface area contributed by atoms with Crippen LogP contribution in [0.4, 0.5) is 0 Å². The van der Waals surface area contributed by atoms with E-state index in [1.807, 2.05) is 11.3 Å². The van der Waals surface area contributed by atoms with E-state index in [1.54, 1.807) is 0 Å². The number of allylic oxidation sites excluding steroid dienone is 6. The van der Waals surface area contributed by atoms with Gasteiger partial charge in [0.2, 0.25) is 0 Å². The molecule has 0 saturated heterocycles. The van der Waals surface area contributed by atoms with Crippen LogP contribution >= 0.6 is 11.3 Å². The maximum absolute atomic E-state index is 4.77. The van der Waals surface area contributed by atoms with Gasteiger partial charge in [-0.2, -0.15) is 0 Å². The van der Waals surface area contributed by atoms with Gasteiger partial charge in [0, 0.05) is 29.0 Å². The molecular weight excluding hydrogens is 250 g/mol. The third-order valence-corrected chi connectivity index (χ3v) is 4.62. The van der Waals surface area contributed by atoms with Gasteiger partial charge in [0.15, 0.2) is 0 Å². The van der Waals surface area contributed by atoms with Crippen LogP contribution in [0, 0.1) is 5.92 Å². The molecule has 0 radical (unpaired) electrons. The highest BCUT2D eigenvalue weighted by Crippen LogP contribution is 2.27. The number of thiophene rings is 1. The Morgan fingerprint density at radius 1 is 1.37 bits per heavy atom. The summed E-state index contributed by atoms with van der Waals surface area (Å²) >= 11 is 1.86. The second kappa shape index (κ2) is 5.30. The van der Waals surface area contributed by atoms with E-state index in [0.717, 1.165) is 19.4 Å². The molecule has 0 spiro atoms. The van der Waals surface area contributed by atoms with Gasteiger partial charge in [0.25, 0.3) is 0 Å². The normalized spacial score (nSPS) is 27.3. The van der Waals surface area contributed by atoms with Crippen LogP contribution in [0.2, 0.25) is 0 Å². The highest BCUT2D eigenvalue weighted by atomic mass is 32.1. The molecule has 0 bridgehead atoms. The fraction of sp³-hybridized carbons (Fsp3) is 0.353. The molecule has 0 fully saturated rings. The van der Waals surface area contributed by atoms with Crippen LogP contribution in [0.3, 0.4) is 0 Å². The van der Waals surface area contributed by atoms with Crippen molar-refractivity contribution in [3.8, 4) is 0 Å². The van der Waals surface area contributed by atoms with Gasteiger partial charge >= 0.3 is 0 Å². The molecule has 1 aromatic rings. The first-order valence-corrected chi connectivity index (χ1v) is 7.79. The summed E-state index contributed by atoms with van der Waals surface area (Å²) in [4.78, 5) is 6.25. The molecule has 1 aromatic heterocycles. The van der Waals surface area contributed by atoms with Crippen molar-refractivity contribution in [2.45, 2.75) is 26.7 Å². The van der Waals surface area contributed by atoms with Crippen LogP contribution in [-0.2, 0) is 6.42 Å². The van der Waals surface area contributed by atoms with Crippen LogP contribution in [0.1, 0.15) is 30.7 Å². The van der Waals surface area contributed by atoms with Crippen LogP contribution in [0.25, 0.3) is 0 Å². The predicted molar refractivity (Wildman–Crippen MR) is 84.2 cm³/mol. The van der Waals surface area contributed by atoms with Gasteiger partial charge in [-0.25, -0.2) is 0 Å². The summed E-state index contributed by atoms with van der Waals surface area (Å²) in [7, 11) is 0. The van der Waals surface area contributed by atoms with Crippen LogP contribution in [0.5, 0.6) is 0 Å². The number of aliphatic imine (C=N–C) groups is 1. The van der Waals surface area contributed by atoms with E-state index in [4.69, 9.17) is 4.99 Å². The van der Waals surface area contributed by atoms with Crippen molar-refractivity contribution >= 4 is 17.0 Å². The summed E-state index contributed by atoms with van der Waals surface area (Å²) in [6.45, 7) is 5.41. The van der Waals surface area contributed by atoms with Crippen LogP contribution in [0.15, 0.2) is 51.9 Å². The number of hydrogen-bond donors (Lipinski definition) is 0. The van der Waals surface area contributed by atoms with Gasteiger partial charge in [-0.05, 0) is 30.7 Å². The molecule has 1 atom stereocenters. The molecule has 1 aliphatic carbocycles. The van der Waals surface area contributed by atoms with E-state index >= 15 is 0 Å². The zero-order valence-electron chi connectivity index (χ0n) is 11.5. The number of nitrogens with zero attached hydrogens (tertiary/aromatic N) is 1. The molecule has 1 nitrogen and oxygen atoms in total. The van der Waals surface area contributed by atoms with Gasteiger partial charge in [0.1, 0.15) is 0 Å². The van der Waals surface area contributed by atoms with Crippen molar-refractivity contribution < 1.29 is 0 Å². The second-order valence-corrected chi connectivity index (χ2v) is 6.42. The van der Waals surface area contributed by atoms with Crippen molar-refractivity contribution in [3.63, 3.8) is 0 Å². The number of fused-ring (bicyclic) bond motifs is 1. The molecule has 0 amide bonds. The second-order valence-electron chi connectivity index (χ2n) is 5.42. The first kappa shape index (κ1) is 12.6. The monoisotopic (exact) mass is 269 g/mol. The Morgan fingerprint density at radius 2 is 2.26 bits per heavy atom. The van der Waals surface area contributed by atoms with Crippen molar-refractivity contribution in [1.29, 1.82) is 0 Å². The summed E-state index contributed by atoms with van der Waals surface area (Å²) in [6, 6.07) is 2.22.